The number of hydrogen-bond donors (Lipinski definition) is 1. The molecule has 2 aliphatic rings. The molecule has 0 spiro atoms. The molecule has 12 heteroatoms. The number of rotatable bonds is 9. The SMILES string of the molecule is COc1nc(Nc2cc(-c3ccc(OC4CCOCC4)c(C#N)c3)ncn2)ccc1N1CCN(CC(F)F)CC1. The Morgan fingerprint density at radius 1 is 1.07 bits per heavy atom. The van der Waals surface area contributed by atoms with Crippen LogP contribution in [-0.2, 0) is 4.74 Å². The van der Waals surface area contributed by atoms with Crippen molar-refractivity contribution in [3.8, 4) is 29.0 Å². The van der Waals surface area contributed by atoms with Gasteiger partial charge in [-0.05, 0) is 30.3 Å². The molecule has 0 radical (unpaired) electrons. The third-order valence-electron chi connectivity index (χ3n) is 6.92. The monoisotopic (exact) mass is 551 g/mol. The summed E-state index contributed by atoms with van der Waals surface area (Å²) >= 11 is 0. The van der Waals surface area contributed by atoms with Gasteiger partial charge in [0.15, 0.2) is 0 Å². The fraction of sp³-hybridized carbons (Fsp3) is 0.429. The molecule has 0 atom stereocenters. The van der Waals surface area contributed by atoms with E-state index in [0.717, 1.165) is 24.1 Å². The van der Waals surface area contributed by atoms with Crippen molar-refractivity contribution in [2.24, 2.45) is 0 Å². The summed E-state index contributed by atoms with van der Waals surface area (Å²) in [6.07, 6.45) is 0.740. The van der Waals surface area contributed by atoms with Crippen molar-refractivity contribution in [3.05, 3.63) is 48.3 Å². The van der Waals surface area contributed by atoms with Gasteiger partial charge in [-0.1, -0.05) is 0 Å². The Hall–Kier alpha value is -4.08. The van der Waals surface area contributed by atoms with E-state index in [1.165, 1.54) is 6.33 Å². The van der Waals surface area contributed by atoms with Crippen LogP contribution in [0.25, 0.3) is 11.3 Å². The second-order valence-corrected chi connectivity index (χ2v) is 9.57. The quantitative estimate of drug-likeness (QED) is 0.417. The highest BCUT2D eigenvalue weighted by Crippen LogP contribution is 2.31. The van der Waals surface area contributed by atoms with Crippen molar-refractivity contribution < 1.29 is 23.0 Å². The minimum atomic E-state index is -2.33. The van der Waals surface area contributed by atoms with Crippen LogP contribution < -0.4 is 19.7 Å². The van der Waals surface area contributed by atoms with E-state index in [1.807, 2.05) is 18.2 Å². The molecule has 1 aromatic carbocycles. The normalized spacial score (nSPS) is 16.5. The van der Waals surface area contributed by atoms with Gasteiger partial charge in [-0.15, -0.1) is 0 Å². The van der Waals surface area contributed by atoms with Crippen LogP contribution in [0.5, 0.6) is 11.6 Å². The van der Waals surface area contributed by atoms with Gasteiger partial charge < -0.3 is 24.4 Å². The Morgan fingerprint density at radius 2 is 1.88 bits per heavy atom. The van der Waals surface area contributed by atoms with E-state index in [1.54, 1.807) is 30.2 Å². The van der Waals surface area contributed by atoms with Gasteiger partial charge in [-0.25, -0.2) is 18.7 Å². The van der Waals surface area contributed by atoms with Crippen molar-refractivity contribution >= 4 is 17.3 Å². The van der Waals surface area contributed by atoms with Crippen molar-refractivity contribution in [3.63, 3.8) is 0 Å². The van der Waals surface area contributed by atoms with Crippen LogP contribution in [0.3, 0.4) is 0 Å². The predicted molar refractivity (Wildman–Crippen MR) is 145 cm³/mol. The van der Waals surface area contributed by atoms with E-state index in [9.17, 15) is 14.0 Å². The maximum Gasteiger partial charge on any atom is 0.251 e. The molecule has 2 fully saturated rings. The molecule has 0 bridgehead atoms. The van der Waals surface area contributed by atoms with Gasteiger partial charge in [0.25, 0.3) is 6.43 Å². The van der Waals surface area contributed by atoms with Crippen LogP contribution in [0.4, 0.5) is 26.1 Å². The Labute approximate surface area is 231 Å². The molecule has 2 aliphatic heterocycles. The number of alkyl halides is 2. The molecule has 5 rings (SSSR count). The molecule has 0 amide bonds. The number of anilines is 3. The molecular weight excluding hydrogens is 520 g/mol. The lowest BCUT2D eigenvalue weighted by molar-refractivity contribution is 0.0254. The highest BCUT2D eigenvalue weighted by molar-refractivity contribution is 5.68. The molecular formula is C28H31F2N7O3. The molecule has 2 aromatic heterocycles. The van der Waals surface area contributed by atoms with Crippen molar-refractivity contribution in [2.45, 2.75) is 25.4 Å². The third kappa shape index (κ3) is 6.73. The third-order valence-corrected chi connectivity index (χ3v) is 6.92. The number of piperazine rings is 1. The zero-order valence-electron chi connectivity index (χ0n) is 22.2. The van der Waals surface area contributed by atoms with E-state index in [2.05, 4.69) is 31.2 Å². The average Bonchev–Trinajstić information content (AvgIpc) is 2.98. The van der Waals surface area contributed by atoms with E-state index in [-0.39, 0.29) is 12.6 Å². The molecule has 40 heavy (non-hydrogen) atoms. The van der Waals surface area contributed by atoms with Gasteiger partial charge in [0.2, 0.25) is 5.88 Å². The number of halogens is 2. The number of aromatic nitrogens is 3. The number of pyridine rings is 1. The zero-order valence-corrected chi connectivity index (χ0v) is 22.2. The summed E-state index contributed by atoms with van der Waals surface area (Å²) in [6, 6.07) is 13.2. The topological polar surface area (TPSA) is 109 Å². The highest BCUT2D eigenvalue weighted by Gasteiger charge is 2.23. The van der Waals surface area contributed by atoms with Crippen molar-refractivity contribution in [1.29, 1.82) is 5.26 Å². The molecule has 3 aromatic rings. The Bertz CT molecular complexity index is 1340. The highest BCUT2D eigenvalue weighted by atomic mass is 19.3. The fourth-order valence-electron chi connectivity index (χ4n) is 4.83. The molecule has 10 nitrogen and oxygen atoms in total. The smallest absolute Gasteiger partial charge is 0.251 e. The summed E-state index contributed by atoms with van der Waals surface area (Å²) in [5.41, 5.74) is 2.64. The van der Waals surface area contributed by atoms with Gasteiger partial charge in [-0.3, -0.25) is 4.90 Å². The predicted octanol–water partition coefficient (Wildman–Crippen LogP) is 4.11. The number of nitriles is 1. The lowest BCUT2D eigenvalue weighted by Crippen LogP contribution is -2.47. The number of ether oxygens (including phenoxy) is 3. The molecule has 0 unspecified atom stereocenters. The lowest BCUT2D eigenvalue weighted by atomic mass is 10.1. The summed E-state index contributed by atoms with van der Waals surface area (Å²) in [5, 5.41) is 12.9. The van der Waals surface area contributed by atoms with Crippen LogP contribution >= 0.6 is 0 Å². The Morgan fingerprint density at radius 3 is 2.60 bits per heavy atom. The summed E-state index contributed by atoms with van der Waals surface area (Å²) in [6.45, 7) is 3.42. The van der Waals surface area contributed by atoms with Crippen LogP contribution in [-0.4, -0.2) is 85.4 Å². The maximum atomic E-state index is 12.7. The Balaban J connectivity index is 1.28. The maximum absolute atomic E-state index is 12.7. The van der Waals surface area contributed by atoms with Crippen molar-refractivity contribution in [1.82, 2.24) is 19.9 Å². The molecule has 210 valence electrons. The first-order chi connectivity index (χ1) is 19.5. The van der Waals surface area contributed by atoms with Crippen LogP contribution in [0.2, 0.25) is 0 Å². The molecule has 2 saturated heterocycles. The summed E-state index contributed by atoms with van der Waals surface area (Å²) in [7, 11) is 1.55. The first kappa shape index (κ1) is 27.5. The average molecular weight is 552 g/mol. The van der Waals surface area contributed by atoms with Gasteiger partial charge in [0.05, 0.1) is 38.1 Å². The van der Waals surface area contributed by atoms with Crippen molar-refractivity contribution in [2.75, 3.05) is 63.3 Å². The first-order valence-electron chi connectivity index (χ1n) is 13.2. The summed E-state index contributed by atoms with van der Waals surface area (Å²) in [4.78, 5) is 17.1. The molecule has 4 heterocycles. The van der Waals surface area contributed by atoms with Crippen LogP contribution in [0.15, 0.2) is 42.7 Å². The zero-order chi connectivity index (χ0) is 27.9. The number of nitrogens with one attached hydrogen (secondary N) is 1. The number of benzene rings is 1. The number of nitrogens with zero attached hydrogens (tertiary/aromatic N) is 6. The van der Waals surface area contributed by atoms with Gasteiger partial charge in [0, 0.05) is 50.7 Å². The molecule has 0 aliphatic carbocycles. The Kier molecular flexibility index (Phi) is 8.83. The molecule has 1 N–H and O–H groups in total. The van der Waals surface area contributed by atoms with E-state index in [0.29, 0.717) is 73.9 Å². The van der Waals surface area contributed by atoms with E-state index >= 15 is 0 Å². The number of methoxy groups -OCH3 is 1. The molecule has 0 saturated carbocycles. The first-order valence-corrected chi connectivity index (χ1v) is 13.2. The summed E-state index contributed by atoms with van der Waals surface area (Å²) in [5.74, 6) is 2.03. The lowest BCUT2D eigenvalue weighted by Gasteiger charge is -2.36. The largest absolute Gasteiger partial charge is 0.489 e. The minimum Gasteiger partial charge on any atom is -0.489 e. The van der Waals surface area contributed by atoms with Crippen LogP contribution in [0, 0.1) is 11.3 Å². The minimum absolute atomic E-state index is 0.0347. The van der Waals surface area contributed by atoms with E-state index < -0.39 is 6.43 Å². The van der Waals surface area contributed by atoms with Crippen LogP contribution in [0.1, 0.15) is 18.4 Å². The number of hydrogen-bond acceptors (Lipinski definition) is 10. The second-order valence-electron chi connectivity index (χ2n) is 9.57. The standard InChI is InChI=1S/C28H31F2N7O3/c1-38-28-23(37-10-8-36(9-11-37)17-25(29)30)3-5-26(35-28)34-27-15-22(32-18-33-27)19-2-4-24(20(14-19)16-31)40-21-6-12-39-13-7-21/h2-5,14-15,18,21,25H,6-13,17H2,1H3,(H,32,33,34,35). The fourth-order valence-corrected chi connectivity index (χ4v) is 4.83. The van der Waals surface area contributed by atoms with E-state index in [4.69, 9.17) is 14.2 Å². The summed E-state index contributed by atoms with van der Waals surface area (Å²) < 4.78 is 42.4. The van der Waals surface area contributed by atoms with Gasteiger partial charge in [-0.2, -0.15) is 10.2 Å². The second kappa shape index (κ2) is 12.8. The van der Waals surface area contributed by atoms with Gasteiger partial charge >= 0.3 is 0 Å². The van der Waals surface area contributed by atoms with Gasteiger partial charge in [0.1, 0.15) is 41.6 Å².